The molecule has 0 aliphatic heterocycles. The number of carboxylic acids is 1. The molecule has 76 valence electrons. The van der Waals surface area contributed by atoms with Gasteiger partial charge in [0.05, 0.1) is 5.56 Å². The molecule has 0 atom stereocenters. The van der Waals surface area contributed by atoms with E-state index in [9.17, 15) is 13.6 Å². The van der Waals surface area contributed by atoms with Crippen LogP contribution in [0.1, 0.15) is 28.0 Å². The van der Waals surface area contributed by atoms with Crippen molar-refractivity contribution in [1.82, 2.24) is 4.98 Å². The van der Waals surface area contributed by atoms with Crippen LogP contribution in [0.3, 0.4) is 0 Å². The van der Waals surface area contributed by atoms with Crippen LogP contribution in [0, 0.1) is 10.5 Å². The molecule has 1 rings (SSSR count). The smallest absolute Gasteiger partial charge is 0.338 e. The van der Waals surface area contributed by atoms with Gasteiger partial charge in [0.1, 0.15) is 5.69 Å². The molecule has 0 unspecified atom stereocenters. The Morgan fingerprint density at radius 1 is 1.64 bits per heavy atom. The van der Waals surface area contributed by atoms with Crippen molar-refractivity contribution < 1.29 is 18.7 Å². The molecule has 0 fully saturated rings. The van der Waals surface area contributed by atoms with Gasteiger partial charge in [0.15, 0.2) is 0 Å². The lowest BCUT2D eigenvalue weighted by atomic mass is 10.1. The lowest BCUT2D eigenvalue weighted by Gasteiger charge is -2.07. The molecule has 1 aromatic rings. The second-order valence-electron chi connectivity index (χ2n) is 2.60. The molecule has 1 N–H and O–H groups in total. The fraction of sp³-hybridized carbons (Fsp3) is 0.250. The predicted molar refractivity (Wildman–Crippen MR) is 53.6 cm³/mol. The molecule has 14 heavy (non-hydrogen) atoms. The maximum Gasteiger partial charge on any atom is 0.338 e. The fourth-order valence-corrected chi connectivity index (χ4v) is 1.62. The normalized spacial score (nSPS) is 10.6. The first kappa shape index (κ1) is 11.3. The lowest BCUT2D eigenvalue weighted by molar-refractivity contribution is 0.0694. The van der Waals surface area contributed by atoms with E-state index in [0.717, 1.165) is 6.20 Å². The van der Waals surface area contributed by atoms with Crippen molar-refractivity contribution in [1.29, 1.82) is 0 Å². The van der Waals surface area contributed by atoms with Crippen LogP contribution in [0.15, 0.2) is 6.20 Å². The second kappa shape index (κ2) is 4.16. The average molecular weight is 313 g/mol. The zero-order chi connectivity index (χ0) is 10.9. The van der Waals surface area contributed by atoms with Crippen LogP contribution in [0.25, 0.3) is 0 Å². The van der Waals surface area contributed by atoms with E-state index in [1.807, 2.05) is 0 Å². The summed E-state index contributed by atoms with van der Waals surface area (Å²) in [5.41, 5.74) is -0.188. The number of aromatic nitrogens is 1. The van der Waals surface area contributed by atoms with Gasteiger partial charge in [-0.05, 0) is 35.1 Å². The quantitative estimate of drug-likeness (QED) is 0.854. The summed E-state index contributed by atoms with van der Waals surface area (Å²) in [6.07, 6.45) is -1.72. The van der Waals surface area contributed by atoms with Crippen LogP contribution >= 0.6 is 22.6 Å². The number of hydrogen-bond donors (Lipinski definition) is 1. The number of alkyl halides is 2. The molecule has 1 heterocycles. The van der Waals surface area contributed by atoms with E-state index in [0.29, 0.717) is 3.57 Å². The molecule has 0 saturated carbocycles. The number of aromatic carboxylic acids is 1. The Bertz CT molecular complexity index is 382. The van der Waals surface area contributed by atoms with Gasteiger partial charge in [0.2, 0.25) is 0 Å². The van der Waals surface area contributed by atoms with Crippen molar-refractivity contribution in [3.63, 3.8) is 0 Å². The van der Waals surface area contributed by atoms with Gasteiger partial charge in [-0.3, -0.25) is 4.98 Å². The van der Waals surface area contributed by atoms with Gasteiger partial charge < -0.3 is 5.11 Å². The summed E-state index contributed by atoms with van der Waals surface area (Å²) < 4.78 is 25.0. The Morgan fingerprint density at radius 3 is 2.64 bits per heavy atom. The number of nitrogens with zero attached hydrogens (tertiary/aromatic N) is 1. The summed E-state index contributed by atoms with van der Waals surface area (Å²) in [7, 11) is 0. The average Bonchev–Trinajstić information content (AvgIpc) is 2.08. The summed E-state index contributed by atoms with van der Waals surface area (Å²) in [5.74, 6) is -1.16. The molecule has 1 aromatic heterocycles. The highest BCUT2D eigenvalue weighted by Gasteiger charge is 2.19. The number of rotatable bonds is 2. The van der Waals surface area contributed by atoms with Gasteiger partial charge in [-0.15, -0.1) is 0 Å². The summed E-state index contributed by atoms with van der Waals surface area (Å²) in [6.45, 7) is 1.43. The van der Waals surface area contributed by atoms with Gasteiger partial charge in [0.25, 0.3) is 6.43 Å². The summed E-state index contributed by atoms with van der Waals surface area (Å²) in [4.78, 5) is 14.0. The van der Waals surface area contributed by atoms with Crippen LogP contribution in [0.5, 0.6) is 0 Å². The zero-order valence-electron chi connectivity index (χ0n) is 7.09. The molecule has 0 bridgehead atoms. The van der Waals surface area contributed by atoms with E-state index >= 15 is 0 Å². The van der Waals surface area contributed by atoms with Crippen molar-refractivity contribution in [3.8, 4) is 0 Å². The van der Waals surface area contributed by atoms with E-state index in [2.05, 4.69) is 4.98 Å². The van der Waals surface area contributed by atoms with E-state index < -0.39 is 12.4 Å². The van der Waals surface area contributed by atoms with Crippen molar-refractivity contribution in [3.05, 3.63) is 26.6 Å². The maximum absolute atomic E-state index is 12.3. The maximum atomic E-state index is 12.3. The Balaban J connectivity index is 3.33. The standard InChI is InChI=1S/C8H6F2INO2/c1-3-5(11)4(8(13)14)2-12-6(3)7(9)10/h2,7H,1H3,(H,13,14). The third-order valence-electron chi connectivity index (χ3n) is 1.72. The minimum atomic E-state index is -2.67. The largest absolute Gasteiger partial charge is 0.478 e. The first-order valence-corrected chi connectivity index (χ1v) is 4.69. The van der Waals surface area contributed by atoms with E-state index in [-0.39, 0.29) is 16.8 Å². The molecule has 0 aromatic carbocycles. The molecule has 0 radical (unpaired) electrons. The second-order valence-corrected chi connectivity index (χ2v) is 3.68. The third-order valence-corrected chi connectivity index (χ3v) is 3.11. The number of carboxylic acid groups (broad SMARTS) is 1. The van der Waals surface area contributed by atoms with E-state index in [1.54, 1.807) is 22.6 Å². The third kappa shape index (κ3) is 1.99. The minimum absolute atomic E-state index is 0.0486. The van der Waals surface area contributed by atoms with Gasteiger partial charge in [-0.2, -0.15) is 0 Å². The number of hydrogen-bond acceptors (Lipinski definition) is 2. The predicted octanol–water partition coefficient (Wildman–Crippen LogP) is 2.63. The molecule has 0 saturated heterocycles. The van der Waals surface area contributed by atoms with Crippen molar-refractivity contribution in [2.45, 2.75) is 13.3 Å². The Morgan fingerprint density at radius 2 is 2.21 bits per heavy atom. The highest BCUT2D eigenvalue weighted by molar-refractivity contribution is 14.1. The van der Waals surface area contributed by atoms with Crippen LogP contribution < -0.4 is 0 Å². The Kier molecular flexibility index (Phi) is 3.35. The lowest BCUT2D eigenvalue weighted by Crippen LogP contribution is -2.06. The van der Waals surface area contributed by atoms with Crippen molar-refractivity contribution in [2.24, 2.45) is 0 Å². The van der Waals surface area contributed by atoms with Crippen LogP contribution in [0.4, 0.5) is 8.78 Å². The summed E-state index contributed by atoms with van der Waals surface area (Å²) in [5, 5.41) is 8.69. The van der Waals surface area contributed by atoms with E-state index in [4.69, 9.17) is 5.11 Å². The Labute approximate surface area is 92.3 Å². The molecule has 6 heteroatoms. The fourth-order valence-electron chi connectivity index (χ4n) is 0.971. The monoisotopic (exact) mass is 313 g/mol. The molecule has 0 spiro atoms. The SMILES string of the molecule is Cc1c(C(F)F)ncc(C(=O)O)c1I. The molecule has 3 nitrogen and oxygen atoms in total. The highest BCUT2D eigenvalue weighted by atomic mass is 127. The van der Waals surface area contributed by atoms with Crippen LogP contribution in [-0.4, -0.2) is 16.1 Å². The minimum Gasteiger partial charge on any atom is -0.478 e. The molecule has 0 amide bonds. The number of halogens is 3. The van der Waals surface area contributed by atoms with Crippen LogP contribution in [-0.2, 0) is 0 Å². The number of carbonyl (C=O) groups is 1. The van der Waals surface area contributed by atoms with Gasteiger partial charge in [0, 0.05) is 9.77 Å². The molecular formula is C8H6F2INO2. The van der Waals surface area contributed by atoms with Crippen molar-refractivity contribution >= 4 is 28.6 Å². The highest BCUT2D eigenvalue weighted by Crippen LogP contribution is 2.25. The topological polar surface area (TPSA) is 50.2 Å². The van der Waals surface area contributed by atoms with Gasteiger partial charge in [-0.1, -0.05) is 0 Å². The van der Waals surface area contributed by atoms with Gasteiger partial charge >= 0.3 is 5.97 Å². The zero-order valence-corrected chi connectivity index (χ0v) is 9.25. The summed E-state index contributed by atoms with van der Waals surface area (Å²) >= 11 is 1.72. The van der Waals surface area contributed by atoms with Crippen molar-refractivity contribution in [2.75, 3.05) is 0 Å². The summed E-state index contributed by atoms with van der Waals surface area (Å²) in [6, 6.07) is 0. The number of pyridine rings is 1. The van der Waals surface area contributed by atoms with Gasteiger partial charge in [-0.25, -0.2) is 13.6 Å². The first-order chi connectivity index (χ1) is 6.45. The molecular weight excluding hydrogens is 307 g/mol. The Hall–Kier alpha value is -0.790. The molecule has 0 aliphatic rings. The van der Waals surface area contributed by atoms with E-state index in [1.165, 1.54) is 6.92 Å². The molecule has 0 aliphatic carbocycles. The van der Waals surface area contributed by atoms with Crippen LogP contribution in [0.2, 0.25) is 0 Å². The first-order valence-electron chi connectivity index (χ1n) is 3.61.